The zero-order chi connectivity index (χ0) is 14.7. The molecule has 0 aliphatic heterocycles. The van der Waals surface area contributed by atoms with E-state index in [0.717, 1.165) is 22.4 Å². The molecule has 20 heavy (non-hydrogen) atoms. The zero-order valence-electron chi connectivity index (χ0n) is 11.8. The number of carbonyl (C=O) groups is 1. The number of benzene rings is 2. The van der Waals surface area contributed by atoms with Crippen LogP contribution in [0.3, 0.4) is 0 Å². The van der Waals surface area contributed by atoms with Crippen molar-refractivity contribution >= 4 is 17.4 Å². The first-order valence-electron chi connectivity index (χ1n) is 6.44. The Balaban J connectivity index is 2.59. The number of hydrogen-bond donors (Lipinski definition) is 1. The highest BCUT2D eigenvalue weighted by Gasteiger charge is 2.14. The summed E-state index contributed by atoms with van der Waals surface area (Å²) in [5, 5.41) is 9.39. The van der Waals surface area contributed by atoms with Crippen LogP contribution < -0.4 is 0 Å². The average molecular weight is 267 g/mol. The first-order chi connectivity index (χ1) is 9.49. The summed E-state index contributed by atoms with van der Waals surface area (Å²) >= 11 is 0. The normalized spacial score (nSPS) is 11.4. The second kappa shape index (κ2) is 5.70. The van der Waals surface area contributed by atoms with Crippen molar-refractivity contribution in [2.45, 2.75) is 20.8 Å². The Morgan fingerprint density at radius 2 is 1.55 bits per heavy atom. The van der Waals surface area contributed by atoms with E-state index in [1.807, 2.05) is 51.1 Å². The van der Waals surface area contributed by atoms with Gasteiger partial charge in [-0.3, -0.25) is 0 Å². The van der Waals surface area contributed by atoms with Crippen molar-refractivity contribution in [1.29, 1.82) is 0 Å². The molecule has 0 atom stereocenters. The highest BCUT2D eigenvalue weighted by Crippen LogP contribution is 2.26. The largest absolute Gasteiger partial charge is 0.476 e. The van der Waals surface area contributed by atoms with Crippen molar-refractivity contribution < 1.29 is 9.90 Å². The molecule has 3 heteroatoms. The van der Waals surface area contributed by atoms with E-state index in [9.17, 15) is 9.90 Å². The molecule has 0 bridgehead atoms. The van der Waals surface area contributed by atoms with Gasteiger partial charge in [0.2, 0.25) is 0 Å². The van der Waals surface area contributed by atoms with Crippen LogP contribution in [0.4, 0.5) is 5.69 Å². The Morgan fingerprint density at radius 1 is 1.00 bits per heavy atom. The summed E-state index contributed by atoms with van der Waals surface area (Å²) in [6, 6.07) is 13.0. The van der Waals surface area contributed by atoms with Crippen molar-refractivity contribution in [1.82, 2.24) is 0 Å². The van der Waals surface area contributed by atoms with Gasteiger partial charge in [0.25, 0.3) is 0 Å². The van der Waals surface area contributed by atoms with Crippen LogP contribution >= 0.6 is 0 Å². The molecule has 2 aromatic carbocycles. The molecule has 0 saturated heterocycles. The van der Waals surface area contributed by atoms with Gasteiger partial charge >= 0.3 is 5.97 Å². The average Bonchev–Trinajstić information content (AvgIpc) is 2.38. The number of aryl methyl sites for hydroxylation is 3. The molecule has 0 saturated carbocycles. The highest BCUT2D eigenvalue weighted by molar-refractivity contribution is 6.43. The smallest absolute Gasteiger partial charge is 0.355 e. The van der Waals surface area contributed by atoms with Crippen LogP contribution in [0, 0.1) is 20.8 Å². The number of carboxylic acids is 1. The summed E-state index contributed by atoms with van der Waals surface area (Å²) in [5.74, 6) is -1.02. The number of carboxylic acid groups (broad SMARTS) is 1. The molecule has 0 radical (unpaired) electrons. The molecule has 0 fully saturated rings. The minimum absolute atomic E-state index is 0.0700. The first kappa shape index (κ1) is 14.0. The van der Waals surface area contributed by atoms with E-state index < -0.39 is 5.97 Å². The Morgan fingerprint density at radius 3 is 2.05 bits per heavy atom. The van der Waals surface area contributed by atoms with Gasteiger partial charge < -0.3 is 5.11 Å². The van der Waals surface area contributed by atoms with Gasteiger partial charge in [0.05, 0.1) is 5.69 Å². The maximum atomic E-state index is 11.5. The van der Waals surface area contributed by atoms with Crippen LogP contribution in [0.15, 0.2) is 47.5 Å². The fourth-order valence-electron chi connectivity index (χ4n) is 2.29. The Kier molecular flexibility index (Phi) is 3.99. The molecule has 0 heterocycles. The summed E-state index contributed by atoms with van der Waals surface area (Å²) in [7, 11) is 0. The number of aliphatic carboxylic acids is 1. The molecule has 0 amide bonds. The molecule has 0 unspecified atom stereocenters. The molecule has 3 nitrogen and oxygen atoms in total. The second-order valence-electron chi connectivity index (χ2n) is 4.88. The molecule has 2 rings (SSSR count). The van der Waals surface area contributed by atoms with Crippen molar-refractivity contribution in [3.05, 3.63) is 64.7 Å². The van der Waals surface area contributed by atoms with E-state index in [1.165, 1.54) is 0 Å². The molecule has 0 aromatic heterocycles. The van der Waals surface area contributed by atoms with E-state index in [-0.39, 0.29) is 5.71 Å². The number of aliphatic imine (C=N–C) groups is 1. The lowest BCUT2D eigenvalue weighted by Gasteiger charge is -2.08. The minimum Gasteiger partial charge on any atom is -0.476 e. The summed E-state index contributed by atoms with van der Waals surface area (Å²) in [4.78, 5) is 15.8. The SMILES string of the molecule is Cc1cc(C)c(N=C(C(=O)O)c2ccccc2)c(C)c1. The monoisotopic (exact) mass is 267 g/mol. The zero-order valence-corrected chi connectivity index (χ0v) is 11.8. The highest BCUT2D eigenvalue weighted by atomic mass is 16.4. The first-order valence-corrected chi connectivity index (χ1v) is 6.44. The predicted molar refractivity (Wildman–Crippen MR) is 80.9 cm³/mol. The van der Waals surface area contributed by atoms with Crippen molar-refractivity contribution in [3.8, 4) is 0 Å². The van der Waals surface area contributed by atoms with E-state index in [4.69, 9.17) is 0 Å². The van der Waals surface area contributed by atoms with E-state index >= 15 is 0 Å². The van der Waals surface area contributed by atoms with Gasteiger partial charge in [-0.15, -0.1) is 0 Å². The fourth-order valence-corrected chi connectivity index (χ4v) is 2.29. The molecule has 1 N–H and O–H groups in total. The number of nitrogens with zero attached hydrogens (tertiary/aromatic N) is 1. The van der Waals surface area contributed by atoms with Gasteiger partial charge in [-0.2, -0.15) is 0 Å². The van der Waals surface area contributed by atoms with Crippen molar-refractivity contribution in [2.75, 3.05) is 0 Å². The molecule has 0 aliphatic carbocycles. The topological polar surface area (TPSA) is 49.7 Å². The van der Waals surface area contributed by atoms with Gasteiger partial charge in [-0.05, 0) is 31.9 Å². The third-order valence-electron chi connectivity index (χ3n) is 3.11. The van der Waals surface area contributed by atoms with E-state index in [1.54, 1.807) is 12.1 Å². The van der Waals surface area contributed by atoms with Crippen molar-refractivity contribution in [3.63, 3.8) is 0 Å². The van der Waals surface area contributed by atoms with Crippen LogP contribution in [0.25, 0.3) is 0 Å². The molecule has 0 spiro atoms. The quantitative estimate of drug-likeness (QED) is 0.859. The lowest BCUT2D eigenvalue weighted by Crippen LogP contribution is -2.14. The van der Waals surface area contributed by atoms with Gasteiger partial charge in [-0.1, -0.05) is 48.0 Å². The van der Waals surface area contributed by atoms with Gasteiger partial charge in [0.15, 0.2) is 5.71 Å². The van der Waals surface area contributed by atoms with Crippen molar-refractivity contribution in [2.24, 2.45) is 4.99 Å². The number of rotatable bonds is 3. The lowest BCUT2D eigenvalue weighted by molar-refractivity contribution is -0.129. The van der Waals surface area contributed by atoms with Crippen LogP contribution in [0.2, 0.25) is 0 Å². The third-order valence-corrected chi connectivity index (χ3v) is 3.11. The lowest BCUT2D eigenvalue weighted by atomic mass is 10.0. The summed E-state index contributed by atoms with van der Waals surface area (Å²) in [6.45, 7) is 5.91. The standard InChI is InChI=1S/C17H17NO2/c1-11-9-12(2)15(13(3)10-11)18-16(17(19)20)14-7-5-4-6-8-14/h4-10H,1-3H3,(H,19,20). The second-order valence-corrected chi connectivity index (χ2v) is 4.88. The molecular weight excluding hydrogens is 250 g/mol. The summed E-state index contributed by atoms with van der Waals surface area (Å²) < 4.78 is 0. The van der Waals surface area contributed by atoms with Gasteiger partial charge in [-0.25, -0.2) is 9.79 Å². The molecule has 0 aliphatic rings. The van der Waals surface area contributed by atoms with Gasteiger partial charge in [0, 0.05) is 5.56 Å². The van der Waals surface area contributed by atoms with E-state index in [0.29, 0.717) is 5.56 Å². The van der Waals surface area contributed by atoms with Crippen LogP contribution in [0.1, 0.15) is 22.3 Å². The van der Waals surface area contributed by atoms with Crippen LogP contribution in [0.5, 0.6) is 0 Å². The fraction of sp³-hybridized carbons (Fsp3) is 0.176. The summed E-state index contributed by atoms with van der Waals surface area (Å²) in [6.07, 6.45) is 0. The molecular formula is C17H17NO2. The Bertz CT molecular complexity index is 650. The Hall–Kier alpha value is -2.42. The summed E-state index contributed by atoms with van der Waals surface area (Å²) in [5.41, 5.74) is 4.53. The molecule has 102 valence electrons. The Labute approximate surface area is 118 Å². The maximum Gasteiger partial charge on any atom is 0.355 e. The third kappa shape index (κ3) is 2.94. The van der Waals surface area contributed by atoms with E-state index in [2.05, 4.69) is 4.99 Å². The van der Waals surface area contributed by atoms with Crippen LogP contribution in [-0.2, 0) is 4.79 Å². The minimum atomic E-state index is -1.02. The predicted octanol–water partition coefficient (Wildman–Crippen LogP) is 3.82. The van der Waals surface area contributed by atoms with Gasteiger partial charge in [0.1, 0.15) is 0 Å². The number of hydrogen-bond acceptors (Lipinski definition) is 2. The van der Waals surface area contributed by atoms with Crippen LogP contribution in [-0.4, -0.2) is 16.8 Å². The molecule has 2 aromatic rings. The maximum absolute atomic E-state index is 11.5.